The monoisotopic (exact) mass is 464 g/mol. The van der Waals surface area contributed by atoms with Crippen molar-refractivity contribution in [2.45, 2.75) is 96.9 Å². The fraction of sp³-hybridized carbons (Fsp3) is 0.500. The second kappa shape index (κ2) is 13.6. The maximum absolute atomic E-state index is 5.08. The van der Waals surface area contributed by atoms with Crippen LogP contribution in [0.4, 0.5) is 5.69 Å². The fourth-order valence-corrected chi connectivity index (χ4v) is 5.08. The lowest BCUT2D eigenvalue weighted by molar-refractivity contribution is 0.575. The van der Waals surface area contributed by atoms with Crippen molar-refractivity contribution in [3.63, 3.8) is 0 Å². The summed E-state index contributed by atoms with van der Waals surface area (Å²) in [5.74, 6) is 0. The van der Waals surface area contributed by atoms with E-state index in [1.165, 1.54) is 104 Å². The van der Waals surface area contributed by atoms with Crippen LogP contribution in [-0.2, 0) is 25.8 Å². The number of aryl methyl sites for hydroxylation is 2. The first-order valence-electron chi connectivity index (χ1n) is 13.1. The molecule has 0 unspecified atom stereocenters. The third-order valence-corrected chi connectivity index (χ3v) is 6.96. The molecule has 3 heteroatoms. The van der Waals surface area contributed by atoms with Crippen LogP contribution in [0.3, 0.4) is 0 Å². The van der Waals surface area contributed by atoms with E-state index in [1.54, 1.807) is 0 Å². The molecule has 0 saturated heterocycles. The molecule has 1 aliphatic carbocycles. The molecule has 2 aromatic carbocycles. The van der Waals surface area contributed by atoms with Gasteiger partial charge in [0.25, 0.3) is 0 Å². The molecule has 0 fully saturated rings. The SMILES string of the molecule is CCCCCCCCCCc1ccc2nc3c(c(NCc4ccccc4)c2c1)CCCC3.Cl. The summed E-state index contributed by atoms with van der Waals surface area (Å²) in [6, 6.07) is 17.7. The smallest absolute Gasteiger partial charge is 0.0726 e. The van der Waals surface area contributed by atoms with Gasteiger partial charge in [-0.2, -0.15) is 0 Å². The van der Waals surface area contributed by atoms with Gasteiger partial charge in [-0.3, -0.25) is 4.98 Å². The van der Waals surface area contributed by atoms with Gasteiger partial charge in [0, 0.05) is 23.3 Å². The lowest BCUT2D eigenvalue weighted by Crippen LogP contribution is -2.11. The maximum Gasteiger partial charge on any atom is 0.0726 e. The molecule has 3 aromatic rings. The highest BCUT2D eigenvalue weighted by atomic mass is 35.5. The highest BCUT2D eigenvalue weighted by molar-refractivity contribution is 5.94. The van der Waals surface area contributed by atoms with Gasteiger partial charge in [-0.25, -0.2) is 0 Å². The number of anilines is 1. The van der Waals surface area contributed by atoms with Crippen LogP contribution in [0.25, 0.3) is 10.9 Å². The molecule has 1 aliphatic rings. The van der Waals surface area contributed by atoms with Crippen LogP contribution in [0.5, 0.6) is 0 Å². The molecule has 4 rings (SSSR count). The predicted octanol–water partition coefficient (Wildman–Crippen LogP) is 8.83. The van der Waals surface area contributed by atoms with Crippen LogP contribution in [0.15, 0.2) is 48.5 Å². The third-order valence-electron chi connectivity index (χ3n) is 6.96. The van der Waals surface area contributed by atoms with E-state index in [2.05, 4.69) is 60.8 Å². The summed E-state index contributed by atoms with van der Waals surface area (Å²) in [6.07, 6.45) is 17.0. The second-order valence-electron chi connectivity index (χ2n) is 9.53. The molecule has 33 heavy (non-hydrogen) atoms. The Labute approximate surface area is 207 Å². The minimum Gasteiger partial charge on any atom is -0.380 e. The number of nitrogens with one attached hydrogen (secondary N) is 1. The first-order valence-corrected chi connectivity index (χ1v) is 13.1. The lowest BCUT2D eigenvalue weighted by Gasteiger charge is -2.22. The molecule has 0 bridgehead atoms. The normalized spacial score (nSPS) is 12.9. The quantitative estimate of drug-likeness (QED) is 0.271. The number of halogens is 1. The zero-order valence-corrected chi connectivity index (χ0v) is 21.2. The van der Waals surface area contributed by atoms with Gasteiger partial charge >= 0.3 is 0 Å². The van der Waals surface area contributed by atoms with Crippen molar-refractivity contribution < 1.29 is 0 Å². The highest BCUT2D eigenvalue weighted by Gasteiger charge is 2.18. The van der Waals surface area contributed by atoms with E-state index >= 15 is 0 Å². The molecule has 2 nitrogen and oxygen atoms in total. The van der Waals surface area contributed by atoms with Crippen LogP contribution in [0.2, 0.25) is 0 Å². The first-order chi connectivity index (χ1) is 15.8. The highest BCUT2D eigenvalue weighted by Crippen LogP contribution is 2.34. The Morgan fingerprint density at radius 1 is 0.788 bits per heavy atom. The summed E-state index contributed by atoms with van der Waals surface area (Å²) in [6.45, 7) is 3.16. The summed E-state index contributed by atoms with van der Waals surface area (Å²) >= 11 is 0. The molecular formula is C30H41ClN2. The van der Waals surface area contributed by atoms with Crippen molar-refractivity contribution in [1.29, 1.82) is 0 Å². The minimum absolute atomic E-state index is 0. The van der Waals surface area contributed by atoms with Crippen molar-refractivity contribution in [2.24, 2.45) is 0 Å². The molecule has 1 aromatic heterocycles. The molecule has 1 N–H and O–H groups in total. The lowest BCUT2D eigenvalue weighted by atomic mass is 9.92. The van der Waals surface area contributed by atoms with Gasteiger partial charge in [-0.15, -0.1) is 12.4 Å². The van der Waals surface area contributed by atoms with Crippen molar-refractivity contribution >= 4 is 29.0 Å². The Morgan fingerprint density at radius 2 is 1.52 bits per heavy atom. The van der Waals surface area contributed by atoms with Crippen molar-refractivity contribution in [2.75, 3.05) is 5.32 Å². The second-order valence-corrected chi connectivity index (χ2v) is 9.53. The van der Waals surface area contributed by atoms with E-state index in [0.717, 1.165) is 24.9 Å². The Kier molecular flexibility index (Phi) is 10.5. The van der Waals surface area contributed by atoms with Gasteiger partial charge in [0.05, 0.1) is 5.52 Å². The zero-order chi connectivity index (χ0) is 22.0. The molecule has 178 valence electrons. The number of hydrogen-bond donors (Lipinski definition) is 1. The van der Waals surface area contributed by atoms with E-state index < -0.39 is 0 Å². The summed E-state index contributed by atoms with van der Waals surface area (Å²) < 4.78 is 0. The number of fused-ring (bicyclic) bond motifs is 2. The number of rotatable bonds is 12. The van der Waals surface area contributed by atoms with Crippen LogP contribution < -0.4 is 5.32 Å². The van der Waals surface area contributed by atoms with Gasteiger partial charge < -0.3 is 5.32 Å². The van der Waals surface area contributed by atoms with Gasteiger partial charge in [-0.1, -0.05) is 88.3 Å². The van der Waals surface area contributed by atoms with Crippen LogP contribution in [0.1, 0.15) is 93.5 Å². The summed E-state index contributed by atoms with van der Waals surface area (Å²) in [7, 11) is 0. The van der Waals surface area contributed by atoms with Gasteiger partial charge in [0.2, 0.25) is 0 Å². The largest absolute Gasteiger partial charge is 0.380 e. The summed E-state index contributed by atoms with van der Waals surface area (Å²) in [5, 5.41) is 5.14. The van der Waals surface area contributed by atoms with Crippen LogP contribution >= 0.6 is 12.4 Å². The standard InChI is InChI=1S/C30H40N2.ClH/c1-2-3-4-5-6-7-8-10-15-24-20-21-29-27(22-24)30(26-18-13-14-19-28(26)32-29)31-23-25-16-11-9-12-17-25;/h9,11-12,16-17,20-22H,2-8,10,13-15,18-19,23H2,1H3,(H,31,32);1H. The van der Waals surface area contributed by atoms with Crippen LogP contribution in [0, 0.1) is 0 Å². The van der Waals surface area contributed by atoms with Crippen molar-refractivity contribution in [1.82, 2.24) is 4.98 Å². The van der Waals surface area contributed by atoms with E-state index in [4.69, 9.17) is 4.98 Å². The Morgan fingerprint density at radius 3 is 2.30 bits per heavy atom. The van der Waals surface area contributed by atoms with E-state index in [0.29, 0.717) is 0 Å². The average Bonchev–Trinajstić information content (AvgIpc) is 2.84. The molecule has 0 radical (unpaired) electrons. The minimum atomic E-state index is 0. The molecular weight excluding hydrogens is 424 g/mol. The van der Waals surface area contributed by atoms with Gasteiger partial charge in [-0.05, 0) is 67.3 Å². The summed E-state index contributed by atoms with van der Waals surface area (Å²) in [5.41, 5.74) is 8.06. The first kappa shape index (κ1) is 25.6. The number of aromatic nitrogens is 1. The van der Waals surface area contributed by atoms with E-state index in [9.17, 15) is 0 Å². The third kappa shape index (κ3) is 7.21. The average molecular weight is 465 g/mol. The summed E-state index contributed by atoms with van der Waals surface area (Å²) in [4.78, 5) is 5.08. The van der Waals surface area contributed by atoms with E-state index in [-0.39, 0.29) is 12.4 Å². The molecule has 0 aliphatic heterocycles. The number of benzene rings is 2. The zero-order valence-electron chi connectivity index (χ0n) is 20.4. The number of hydrogen-bond acceptors (Lipinski definition) is 2. The Bertz CT molecular complexity index is 984. The molecule has 0 atom stereocenters. The Hall–Kier alpha value is -2.06. The fourth-order valence-electron chi connectivity index (χ4n) is 5.08. The van der Waals surface area contributed by atoms with Crippen molar-refractivity contribution in [3.8, 4) is 0 Å². The van der Waals surface area contributed by atoms with E-state index in [1.807, 2.05) is 0 Å². The van der Waals surface area contributed by atoms with Gasteiger partial charge in [0.15, 0.2) is 0 Å². The predicted molar refractivity (Wildman–Crippen MR) is 146 cm³/mol. The maximum atomic E-state index is 5.08. The van der Waals surface area contributed by atoms with Gasteiger partial charge in [0.1, 0.15) is 0 Å². The van der Waals surface area contributed by atoms with Crippen molar-refractivity contribution in [3.05, 3.63) is 70.9 Å². The molecule has 0 amide bonds. The Balaban J connectivity index is 0.00000306. The number of pyridine rings is 1. The van der Waals surface area contributed by atoms with Crippen LogP contribution in [-0.4, -0.2) is 4.98 Å². The topological polar surface area (TPSA) is 24.9 Å². The molecule has 0 saturated carbocycles. The number of nitrogens with zero attached hydrogens (tertiary/aromatic N) is 1. The molecule has 1 heterocycles. The molecule has 0 spiro atoms. The number of unbranched alkanes of at least 4 members (excludes halogenated alkanes) is 7.